The van der Waals surface area contributed by atoms with E-state index in [0.717, 1.165) is 12.6 Å². The van der Waals surface area contributed by atoms with Gasteiger partial charge in [-0.3, -0.25) is 4.90 Å². The van der Waals surface area contributed by atoms with Crippen molar-refractivity contribution in [1.82, 2.24) is 9.80 Å². The van der Waals surface area contributed by atoms with Gasteiger partial charge in [0, 0.05) is 24.7 Å². The van der Waals surface area contributed by atoms with Crippen molar-refractivity contribution in [3.8, 4) is 0 Å². The Morgan fingerprint density at radius 3 is 2.71 bits per heavy atom. The zero-order chi connectivity index (χ0) is 10.2. The lowest BCUT2D eigenvalue weighted by atomic mass is 10.2. The van der Waals surface area contributed by atoms with Crippen LogP contribution in [0.4, 0.5) is 0 Å². The van der Waals surface area contributed by atoms with Crippen molar-refractivity contribution in [2.24, 2.45) is 5.73 Å². The molecule has 0 bridgehead atoms. The van der Waals surface area contributed by atoms with Gasteiger partial charge >= 0.3 is 0 Å². The molecule has 1 atom stereocenters. The molecule has 1 aliphatic carbocycles. The standard InChI is InChI=1S/C11H23N3/c1-13(2)8-10-4-3-7-14(10)9-11(12)5-6-11/h10H,3-9,12H2,1-2H3. The molecular formula is C11H23N3. The van der Waals surface area contributed by atoms with E-state index < -0.39 is 0 Å². The number of likely N-dealkylation sites (tertiary alicyclic amines) is 1. The van der Waals surface area contributed by atoms with Crippen LogP contribution >= 0.6 is 0 Å². The summed E-state index contributed by atoms with van der Waals surface area (Å²) in [7, 11) is 4.32. The second-order valence-electron chi connectivity index (χ2n) is 5.39. The molecule has 82 valence electrons. The van der Waals surface area contributed by atoms with Gasteiger partial charge in [-0.05, 0) is 46.3 Å². The lowest BCUT2D eigenvalue weighted by molar-refractivity contribution is 0.193. The van der Waals surface area contributed by atoms with Crippen LogP contribution in [0.25, 0.3) is 0 Å². The minimum absolute atomic E-state index is 0.189. The van der Waals surface area contributed by atoms with E-state index in [2.05, 4.69) is 23.9 Å². The highest BCUT2D eigenvalue weighted by molar-refractivity contribution is 5.02. The summed E-state index contributed by atoms with van der Waals surface area (Å²) in [5.41, 5.74) is 6.35. The second-order valence-corrected chi connectivity index (χ2v) is 5.39. The highest BCUT2D eigenvalue weighted by Gasteiger charge is 2.41. The summed E-state index contributed by atoms with van der Waals surface area (Å²) in [6, 6.07) is 0.756. The number of nitrogens with zero attached hydrogens (tertiary/aromatic N) is 2. The quantitative estimate of drug-likeness (QED) is 0.712. The number of rotatable bonds is 4. The number of likely N-dealkylation sites (N-methyl/N-ethyl adjacent to an activating group) is 1. The number of hydrogen-bond acceptors (Lipinski definition) is 3. The molecule has 0 radical (unpaired) electrons. The second kappa shape index (κ2) is 3.80. The predicted octanol–water partition coefficient (Wildman–Crippen LogP) is 0.504. The summed E-state index contributed by atoms with van der Waals surface area (Å²) in [4.78, 5) is 4.89. The summed E-state index contributed by atoms with van der Waals surface area (Å²) < 4.78 is 0. The molecule has 0 spiro atoms. The van der Waals surface area contributed by atoms with Gasteiger partial charge < -0.3 is 10.6 Å². The molecular weight excluding hydrogens is 174 g/mol. The number of hydrogen-bond donors (Lipinski definition) is 1. The van der Waals surface area contributed by atoms with Crippen LogP contribution in [0, 0.1) is 0 Å². The fourth-order valence-corrected chi connectivity index (χ4v) is 2.45. The van der Waals surface area contributed by atoms with Crippen molar-refractivity contribution < 1.29 is 0 Å². The summed E-state index contributed by atoms with van der Waals surface area (Å²) in [6.45, 7) is 3.58. The summed E-state index contributed by atoms with van der Waals surface area (Å²) >= 11 is 0. The van der Waals surface area contributed by atoms with Crippen LogP contribution < -0.4 is 5.73 Å². The van der Waals surface area contributed by atoms with Gasteiger partial charge in [-0.15, -0.1) is 0 Å². The fraction of sp³-hybridized carbons (Fsp3) is 1.00. The molecule has 1 aliphatic heterocycles. The normalized spacial score (nSPS) is 31.3. The van der Waals surface area contributed by atoms with E-state index in [4.69, 9.17) is 5.73 Å². The van der Waals surface area contributed by atoms with Crippen LogP contribution in [0.3, 0.4) is 0 Å². The van der Waals surface area contributed by atoms with E-state index in [1.807, 2.05) is 0 Å². The maximum absolute atomic E-state index is 6.16. The molecule has 0 amide bonds. The first-order chi connectivity index (χ1) is 6.59. The monoisotopic (exact) mass is 197 g/mol. The third-order valence-electron chi connectivity index (χ3n) is 3.49. The van der Waals surface area contributed by atoms with Crippen molar-refractivity contribution in [3.63, 3.8) is 0 Å². The van der Waals surface area contributed by atoms with Crippen molar-refractivity contribution in [2.45, 2.75) is 37.3 Å². The molecule has 0 aromatic carbocycles. The zero-order valence-electron chi connectivity index (χ0n) is 9.50. The Kier molecular flexibility index (Phi) is 2.82. The van der Waals surface area contributed by atoms with Gasteiger partial charge in [0.1, 0.15) is 0 Å². The molecule has 1 unspecified atom stereocenters. The van der Waals surface area contributed by atoms with Gasteiger partial charge in [-0.2, -0.15) is 0 Å². The van der Waals surface area contributed by atoms with Crippen molar-refractivity contribution >= 4 is 0 Å². The lowest BCUT2D eigenvalue weighted by Gasteiger charge is -2.29. The van der Waals surface area contributed by atoms with Gasteiger partial charge in [0.25, 0.3) is 0 Å². The van der Waals surface area contributed by atoms with Crippen LogP contribution in [0.5, 0.6) is 0 Å². The zero-order valence-corrected chi connectivity index (χ0v) is 9.50. The van der Waals surface area contributed by atoms with E-state index in [1.165, 1.54) is 38.8 Å². The molecule has 2 N–H and O–H groups in total. The van der Waals surface area contributed by atoms with E-state index in [9.17, 15) is 0 Å². The fourth-order valence-electron chi connectivity index (χ4n) is 2.45. The van der Waals surface area contributed by atoms with E-state index in [0.29, 0.717) is 0 Å². The molecule has 0 aromatic rings. The van der Waals surface area contributed by atoms with Crippen LogP contribution in [-0.4, -0.2) is 55.1 Å². The Morgan fingerprint density at radius 2 is 2.14 bits per heavy atom. The Hall–Kier alpha value is -0.120. The Balaban J connectivity index is 1.83. The van der Waals surface area contributed by atoms with E-state index in [-0.39, 0.29) is 5.54 Å². The maximum Gasteiger partial charge on any atom is 0.0284 e. The van der Waals surface area contributed by atoms with Crippen molar-refractivity contribution in [2.75, 3.05) is 33.7 Å². The summed E-state index contributed by atoms with van der Waals surface area (Å²) in [5, 5.41) is 0. The van der Waals surface area contributed by atoms with Crippen molar-refractivity contribution in [3.05, 3.63) is 0 Å². The lowest BCUT2D eigenvalue weighted by Crippen LogP contribution is -2.45. The summed E-state index contributed by atoms with van der Waals surface area (Å²) in [6.07, 6.45) is 5.18. The van der Waals surface area contributed by atoms with Crippen LogP contribution in [-0.2, 0) is 0 Å². The molecule has 0 aromatic heterocycles. The predicted molar refractivity (Wildman–Crippen MR) is 59.3 cm³/mol. The molecule has 1 saturated carbocycles. The SMILES string of the molecule is CN(C)CC1CCCN1CC1(N)CC1. The maximum atomic E-state index is 6.16. The van der Waals surface area contributed by atoms with Gasteiger partial charge in [-0.25, -0.2) is 0 Å². The van der Waals surface area contributed by atoms with Gasteiger partial charge in [0.15, 0.2) is 0 Å². The molecule has 2 rings (SSSR count). The largest absolute Gasteiger partial charge is 0.324 e. The number of nitrogens with two attached hydrogens (primary N) is 1. The van der Waals surface area contributed by atoms with Crippen LogP contribution in [0.1, 0.15) is 25.7 Å². The summed E-state index contributed by atoms with van der Waals surface area (Å²) in [5.74, 6) is 0. The third-order valence-corrected chi connectivity index (χ3v) is 3.49. The van der Waals surface area contributed by atoms with Gasteiger partial charge in [0.2, 0.25) is 0 Å². The topological polar surface area (TPSA) is 32.5 Å². The van der Waals surface area contributed by atoms with Gasteiger partial charge in [-0.1, -0.05) is 0 Å². The highest BCUT2D eigenvalue weighted by atomic mass is 15.2. The van der Waals surface area contributed by atoms with E-state index in [1.54, 1.807) is 0 Å². The third kappa shape index (κ3) is 2.47. The smallest absolute Gasteiger partial charge is 0.0284 e. The first-order valence-electron chi connectivity index (χ1n) is 5.77. The van der Waals surface area contributed by atoms with Crippen molar-refractivity contribution in [1.29, 1.82) is 0 Å². The molecule has 2 fully saturated rings. The minimum Gasteiger partial charge on any atom is -0.324 e. The van der Waals surface area contributed by atoms with Crippen LogP contribution in [0.2, 0.25) is 0 Å². The first-order valence-corrected chi connectivity index (χ1v) is 5.77. The Bertz CT molecular complexity index is 199. The molecule has 14 heavy (non-hydrogen) atoms. The molecule has 2 aliphatic rings. The van der Waals surface area contributed by atoms with E-state index >= 15 is 0 Å². The Morgan fingerprint density at radius 1 is 1.43 bits per heavy atom. The van der Waals surface area contributed by atoms with Gasteiger partial charge in [0.05, 0.1) is 0 Å². The molecule has 1 heterocycles. The minimum atomic E-state index is 0.189. The average molecular weight is 197 g/mol. The molecule has 3 nitrogen and oxygen atoms in total. The van der Waals surface area contributed by atoms with Crippen LogP contribution in [0.15, 0.2) is 0 Å². The average Bonchev–Trinajstić information content (AvgIpc) is 2.65. The highest BCUT2D eigenvalue weighted by Crippen LogP contribution is 2.34. The Labute approximate surface area is 87.2 Å². The molecule has 1 saturated heterocycles. The first kappa shape index (κ1) is 10.4. The molecule has 3 heteroatoms.